The maximum Gasteiger partial charge on any atom is 0.191 e. The lowest BCUT2D eigenvalue weighted by Crippen LogP contribution is -2.37. The number of nitrogens with one attached hydrogen (secondary N) is 2. The fraction of sp³-hybridized carbons (Fsp3) is 0.632. The normalized spacial score (nSPS) is 11.2. The van der Waals surface area contributed by atoms with Crippen LogP contribution in [0.4, 0.5) is 0 Å². The zero-order valence-corrected chi connectivity index (χ0v) is 18.3. The van der Waals surface area contributed by atoms with Gasteiger partial charge in [0, 0.05) is 33.4 Å². The van der Waals surface area contributed by atoms with E-state index in [-0.39, 0.29) is 30.1 Å². The van der Waals surface area contributed by atoms with Crippen LogP contribution in [0.25, 0.3) is 0 Å². The quantitative estimate of drug-likeness (QED) is 0.226. The third-order valence-corrected chi connectivity index (χ3v) is 3.38. The number of aliphatic imine (C=N–C) groups is 1. The summed E-state index contributed by atoms with van der Waals surface area (Å²) in [5, 5.41) is 6.62. The van der Waals surface area contributed by atoms with Gasteiger partial charge in [-0.25, -0.2) is 0 Å². The zero-order chi connectivity index (χ0) is 17.6. The lowest BCUT2D eigenvalue weighted by atomic mass is 10.2. The molecule has 0 radical (unpaired) electrons. The Balaban J connectivity index is 0.00000576. The van der Waals surface area contributed by atoms with Crippen molar-refractivity contribution in [2.75, 3.05) is 26.8 Å². The van der Waals surface area contributed by atoms with Crippen molar-refractivity contribution in [3.05, 3.63) is 29.8 Å². The number of halogens is 1. The van der Waals surface area contributed by atoms with Crippen LogP contribution in [0, 0.1) is 0 Å². The van der Waals surface area contributed by atoms with Crippen LogP contribution in [-0.4, -0.2) is 38.9 Å². The Kier molecular flexibility index (Phi) is 14.6. The van der Waals surface area contributed by atoms with Gasteiger partial charge in [0.25, 0.3) is 0 Å². The second-order valence-corrected chi connectivity index (χ2v) is 5.98. The minimum absolute atomic E-state index is 0. The summed E-state index contributed by atoms with van der Waals surface area (Å²) >= 11 is 0. The summed E-state index contributed by atoms with van der Waals surface area (Å²) in [6, 6.07) is 8.14. The van der Waals surface area contributed by atoms with E-state index < -0.39 is 0 Å². The van der Waals surface area contributed by atoms with Crippen molar-refractivity contribution in [2.45, 2.75) is 52.7 Å². The number of hydrogen-bond donors (Lipinski definition) is 2. The molecule has 0 aliphatic carbocycles. The van der Waals surface area contributed by atoms with Crippen LogP contribution in [0.15, 0.2) is 29.3 Å². The van der Waals surface area contributed by atoms with Gasteiger partial charge in [-0.3, -0.25) is 4.99 Å². The summed E-state index contributed by atoms with van der Waals surface area (Å²) in [6.07, 6.45) is 3.49. The van der Waals surface area contributed by atoms with Crippen LogP contribution in [0.2, 0.25) is 0 Å². The fourth-order valence-corrected chi connectivity index (χ4v) is 2.09. The number of benzene rings is 1. The van der Waals surface area contributed by atoms with E-state index in [0.29, 0.717) is 0 Å². The molecule has 0 spiro atoms. The first-order valence-corrected chi connectivity index (χ1v) is 8.93. The molecule has 0 atom stereocenters. The Labute approximate surface area is 170 Å². The molecule has 1 aromatic carbocycles. The number of ether oxygens (including phenoxy) is 2. The summed E-state index contributed by atoms with van der Waals surface area (Å²) in [6.45, 7) is 9.47. The molecule has 0 amide bonds. The Morgan fingerprint density at radius 1 is 1.08 bits per heavy atom. The standard InChI is InChI=1S/C19H33N3O2.HI/c1-5-6-13-23-14-7-12-21-19(20-4)22-15-17-8-10-18(11-9-17)24-16(2)3;/h8-11,16H,5-7,12-15H2,1-4H3,(H2,20,21,22);1H. The van der Waals surface area contributed by atoms with Crippen LogP contribution in [0.3, 0.4) is 0 Å². The van der Waals surface area contributed by atoms with Gasteiger partial charge in [0.1, 0.15) is 5.75 Å². The van der Waals surface area contributed by atoms with E-state index in [2.05, 4.69) is 34.7 Å². The molecule has 1 aromatic rings. The SMILES string of the molecule is CCCCOCCCNC(=NC)NCc1ccc(OC(C)C)cc1.I. The maximum absolute atomic E-state index is 5.65. The molecular formula is C19H34IN3O2. The van der Waals surface area contributed by atoms with Crippen molar-refractivity contribution in [1.29, 1.82) is 0 Å². The second-order valence-electron chi connectivity index (χ2n) is 5.98. The smallest absolute Gasteiger partial charge is 0.191 e. The molecule has 25 heavy (non-hydrogen) atoms. The summed E-state index contributed by atoms with van der Waals surface area (Å²) in [4.78, 5) is 4.24. The first kappa shape index (κ1) is 24.0. The van der Waals surface area contributed by atoms with E-state index in [4.69, 9.17) is 9.47 Å². The molecule has 0 heterocycles. The molecule has 0 aliphatic rings. The van der Waals surface area contributed by atoms with Crippen molar-refractivity contribution in [3.63, 3.8) is 0 Å². The summed E-state index contributed by atoms with van der Waals surface area (Å²) in [5.74, 6) is 1.71. The highest BCUT2D eigenvalue weighted by Crippen LogP contribution is 2.13. The molecule has 0 saturated carbocycles. The van der Waals surface area contributed by atoms with Gasteiger partial charge in [-0.05, 0) is 44.4 Å². The zero-order valence-electron chi connectivity index (χ0n) is 16.0. The van der Waals surface area contributed by atoms with E-state index in [0.717, 1.165) is 50.9 Å². The number of hydrogen-bond acceptors (Lipinski definition) is 3. The highest BCUT2D eigenvalue weighted by atomic mass is 127. The molecular weight excluding hydrogens is 429 g/mol. The largest absolute Gasteiger partial charge is 0.491 e. The van der Waals surface area contributed by atoms with Gasteiger partial charge in [-0.15, -0.1) is 24.0 Å². The number of nitrogens with zero attached hydrogens (tertiary/aromatic N) is 1. The number of rotatable bonds is 11. The van der Waals surface area contributed by atoms with Crippen molar-refractivity contribution in [1.82, 2.24) is 10.6 Å². The predicted octanol–water partition coefficient (Wildman–Crippen LogP) is 3.96. The van der Waals surface area contributed by atoms with Crippen molar-refractivity contribution >= 4 is 29.9 Å². The summed E-state index contributed by atoms with van der Waals surface area (Å²) in [5.41, 5.74) is 1.19. The van der Waals surface area contributed by atoms with Gasteiger partial charge in [0.2, 0.25) is 0 Å². The average Bonchev–Trinajstić information content (AvgIpc) is 2.57. The molecule has 0 saturated heterocycles. The number of guanidine groups is 1. The van der Waals surface area contributed by atoms with Gasteiger partial charge >= 0.3 is 0 Å². The van der Waals surface area contributed by atoms with E-state index in [1.807, 2.05) is 26.0 Å². The molecule has 0 fully saturated rings. The lowest BCUT2D eigenvalue weighted by molar-refractivity contribution is 0.129. The van der Waals surface area contributed by atoms with E-state index in [1.54, 1.807) is 7.05 Å². The van der Waals surface area contributed by atoms with Gasteiger partial charge in [0.15, 0.2) is 5.96 Å². The van der Waals surface area contributed by atoms with E-state index in [1.165, 1.54) is 12.0 Å². The van der Waals surface area contributed by atoms with Gasteiger partial charge < -0.3 is 20.1 Å². The third kappa shape index (κ3) is 12.0. The molecule has 0 aromatic heterocycles. The first-order chi connectivity index (χ1) is 11.7. The van der Waals surface area contributed by atoms with Crippen LogP contribution in [0.5, 0.6) is 5.75 Å². The molecule has 144 valence electrons. The van der Waals surface area contributed by atoms with Crippen LogP contribution in [0.1, 0.15) is 45.6 Å². The molecule has 5 nitrogen and oxygen atoms in total. The third-order valence-electron chi connectivity index (χ3n) is 3.38. The molecule has 0 bridgehead atoms. The number of unbranched alkanes of at least 4 members (excludes halogenated alkanes) is 1. The van der Waals surface area contributed by atoms with Crippen LogP contribution in [-0.2, 0) is 11.3 Å². The van der Waals surface area contributed by atoms with Gasteiger partial charge in [-0.1, -0.05) is 25.5 Å². The van der Waals surface area contributed by atoms with Crippen LogP contribution < -0.4 is 15.4 Å². The minimum Gasteiger partial charge on any atom is -0.491 e. The first-order valence-electron chi connectivity index (χ1n) is 8.93. The Morgan fingerprint density at radius 3 is 2.36 bits per heavy atom. The topological polar surface area (TPSA) is 54.9 Å². The van der Waals surface area contributed by atoms with Gasteiger partial charge in [0.05, 0.1) is 6.10 Å². The highest BCUT2D eigenvalue weighted by molar-refractivity contribution is 14.0. The monoisotopic (exact) mass is 463 g/mol. The summed E-state index contributed by atoms with van der Waals surface area (Å²) in [7, 11) is 1.78. The van der Waals surface area contributed by atoms with Crippen molar-refractivity contribution < 1.29 is 9.47 Å². The van der Waals surface area contributed by atoms with Crippen molar-refractivity contribution in [3.8, 4) is 5.75 Å². The van der Waals surface area contributed by atoms with Crippen LogP contribution >= 0.6 is 24.0 Å². The molecule has 0 aliphatic heterocycles. The van der Waals surface area contributed by atoms with E-state index >= 15 is 0 Å². The maximum atomic E-state index is 5.65. The van der Waals surface area contributed by atoms with Gasteiger partial charge in [-0.2, -0.15) is 0 Å². The Morgan fingerprint density at radius 2 is 1.76 bits per heavy atom. The van der Waals surface area contributed by atoms with E-state index in [9.17, 15) is 0 Å². The van der Waals surface area contributed by atoms with Crippen molar-refractivity contribution in [2.24, 2.45) is 4.99 Å². The summed E-state index contributed by atoms with van der Waals surface area (Å²) < 4.78 is 11.2. The Hall–Kier alpha value is -1.02. The molecule has 0 unspecified atom stereocenters. The minimum atomic E-state index is 0. The molecule has 2 N–H and O–H groups in total. The molecule has 6 heteroatoms. The lowest BCUT2D eigenvalue weighted by Gasteiger charge is -2.13. The highest BCUT2D eigenvalue weighted by Gasteiger charge is 2.00. The molecule has 1 rings (SSSR count). The average molecular weight is 463 g/mol. The second kappa shape index (κ2) is 15.3. The fourth-order valence-electron chi connectivity index (χ4n) is 2.09. The Bertz CT molecular complexity index is 464. The predicted molar refractivity (Wildman–Crippen MR) is 116 cm³/mol.